The van der Waals surface area contributed by atoms with Gasteiger partial charge in [-0.15, -0.1) is 5.10 Å². The average molecular weight is 298 g/mol. The van der Waals surface area contributed by atoms with Crippen LogP contribution in [0.4, 0.5) is 0 Å². The maximum atomic E-state index is 11.5. The van der Waals surface area contributed by atoms with Gasteiger partial charge in [0.15, 0.2) is 5.69 Å². The van der Waals surface area contributed by atoms with Gasteiger partial charge in [0.1, 0.15) is 0 Å². The number of nitrogens with zero attached hydrogens (tertiary/aromatic N) is 2. The molecule has 0 aliphatic rings. The topological polar surface area (TPSA) is 54.9 Å². The van der Waals surface area contributed by atoms with E-state index in [0.29, 0.717) is 12.2 Å². The molecule has 82 valence electrons. The van der Waals surface area contributed by atoms with Crippen molar-refractivity contribution in [3.63, 3.8) is 0 Å². The number of carbonyl (C=O) groups excluding carboxylic acids is 1. The summed E-state index contributed by atoms with van der Waals surface area (Å²) in [5.41, 5.74) is 1.39. The third-order valence-corrected chi connectivity index (χ3v) is 2.93. The van der Waals surface area contributed by atoms with E-state index >= 15 is 0 Å². The van der Waals surface area contributed by atoms with E-state index in [1.807, 2.05) is 24.3 Å². The molecule has 16 heavy (non-hydrogen) atoms. The fourth-order valence-corrected chi connectivity index (χ4v) is 2.07. The van der Waals surface area contributed by atoms with E-state index in [0.717, 1.165) is 21.6 Å². The van der Waals surface area contributed by atoms with Crippen LogP contribution in [0.3, 0.4) is 0 Å². The minimum absolute atomic E-state index is 0.200. The van der Waals surface area contributed by atoms with E-state index in [2.05, 4.69) is 30.8 Å². The Kier molecular flexibility index (Phi) is 3.63. The van der Waals surface area contributed by atoms with Gasteiger partial charge in [0.25, 0.3) is 5.91 Å². The van der Waals surface area contributed by atoms with Gasteiger partial charge in [-0.05, 0) is 29.2 Å². The lowest BCUT2D eigenvalue weighted by molar-refractivity contribution is 0.0946. The van der Waals surface area contributed by atoms with Gasteiger partial charge >= 0.3 is 0 Å². The molecule has 1 aromatic heterocycles. The number of aromatic nitrogens is 2. The largest absolute Gasteiger partial charge is 0.347 e. The second kappa shape index (κ2) is 5.18. The number of nitrogens with one attached hydrogen (secondary N) is 1. The molecular formula is C10H8BrN3OS. The minimum atomic E-state index is -0.200. The molecule has 0 spiro atoms. The van der Waals surface area contributed by atoms with Crippen molar-refractivity contribution in [2.45, 2.75) is 6.54 Å². The zero-order valence-corrected chi connectivity index (χ0v) is 10.6. The molecule has 6 heteroatoms. The summed E-state index contributed by atoms with van der Waals surface area (Å²) < 4.78 is 4.63. The molecule has 0 saturated heterocycles. The monoisotopic (exact) mass is 297 g/mol. The lowest BCUT2D eigenvalue weighted by Crippen LogP contribution is -2.23. The molecule has 0 radical (unpaired) electrons. The summed E-state index contributed by atoms with van der Waals surface area (Å²) in [6, 6.07) is 7.77. The highest BCUT2D eigenvalue weighted by atomic mass is 79.9. The van der Waals surface area contributed by atoms with Gasteiger partial charge in [0.2, 0.25) is 0 Å². The predicted octanol–water partition coefficient (Wildman–Crippen LogP) is 2.23. The fourth-order valence-electron chi connectivity index (χ4n) is 1.18. The van der Waals surface area contributed by atoms with Crippen LogP contribution in [0.2, 0.25) is 0 Å². The van der Waals surface area contributed by atoms with Crippen LogP contribution < -0.4 is 5.32 Å². The Morgan fingerprint density at radius 1 is 1.50 bits per heavy atom. The summed E-state index contributed by atoms with van der Waals surface area (Å²) in [4.78, 5) is 11.5. The van der Waals surface area contributed by atoms with Crippen LogP contribution in [-0.4, -0.2) is 15.5 Å². The Morgan fingerprint density at radius 3 is 3.06 bits per heavy atom. The van der Waals surface area contributed by atoms with Crippen molar-refractivity contribution in [3.05, 3.63) is 45.4 Å². The van der Waals surface area contributed by atoms with Crippen LogP contribution in [0.1, 0.15) is 16.1 Å². The van der Waals surface area contributed by atoms with E-state index in [4.69, 9.17) is 0 Å². The molecule has 0 fully saturated rings. The van der Waals surface area contributed by atoms with Gasteiger partial charge in [-0.1, -0.05) is 32.6 Å². The molecule has 0 bridgehead atoms. The molecule has 0 aliphatic heterocycles. The van der Waals surface area contributed by atoms with Crippen LogP contribution in [0, 0.1) is 0 Å². The van der Waals surface area contributed by atoms with Crippen molar-refractivity contribution in [2.24, 2.45) is 0 Å². The van der Waals surface area contributed by atoms with E-state index < -0.39 is 0 Å². The second-order valence-corrected chi connectivity index (χ2v) is 4.63. The van der Waals surface area contributed by atoms with Gasteiger partial charge in [0, 0.05) is 16.4 Å². The lowest BCUT2D eigenvalue weighted by Gasteiger charge is -2.03. The number of rotatable bonds is 3. The summed E-state index contributed by atoms with van der Waals surface area (Å²) in [5.74, 6) is -0.200. The highest BCUT2D eigenvalue weighted by molar-refractivity contribution is 9.10. The molecule has 0 unspecified atom stereocenters. The molecule has 1 N–H and O–H groups in total. The van der Waals surface area contributed by atoms with Gasteiger partial charge in [-0.3, -0.25) is 4.79 Å². The quantitative estimate of drug-likeness (QED) is 0.945. The molecule has 0 atom stereocenters. The third-order valence-electron chi connectivity index (χ3n) is 1.93. The number of amides is 1. The lowest BCUT2D eigenvalue weighted by atomic mass is 10.2. The van der Waals surface area contributed by atoms with E-state index in [1.54, 1.807) is 5.38 Å². The summed E-state index contributed by atoms with van der Waals surface area (Å²) >= 11 is 4.54. The number of halogens is 1. The zero-order valence-electron chi connectivity index (χ0n) is 8.18. The van der Waals surface area contributed by atoms with Crippen molar-refractivity contribution in [3.8, 4) is 0 Å². The van der Waals surface area contributed by atoms with Crippen LogP contribution in [0.5, 0.6) is 0 Å². The SMILES string of the molecule is O=C(NCc1cccc(Br)c1)c1csnn1. The first-order chi connectivity index (χ1) is 7.75. The predicted molar refractivity (Wildman–Crippen MR) is 65.2 cm³/mol. The fraction of sp³-hybridized carbons (Fsp3) is 0.100. The molecule has 0 saturated carbocycles. The summed E-state index contributed by atoms with van der Waals surface area (Å²) in [6.45, 7) is 0.482. The Hall–Kier alpha value is -1.27. The highest BCUT2D eigenvalue weighted by Gasteiger charge is 2.07. The molecule has 2 aromatic rings. The zero-order chi connectivity index (χ0) is 11.4. The number of carbonyl (C=O) groups is 1. The van der Waals surface area contributed by atoms with Crippen LogP contribution in [0.15, 0.2) is 34.1 Å². The van der Waals surface area contributed by atoms with Gasteiger partial charge in [-0.25, -0.2) is 0 Å². The molecule has 4 nitrogen and oxygen atoms in total. The second-order valence-electron chi connectivity index (χ2n) is 3.10. The first-order valence-electron chi connectivity index (χ1n) is 4.55. The molecule has 0 aliphatic carbocycles. The van der Waals surface area contributed by atoms with E-state index in [-0.39, 0.29) is 5.91 Å². The Balaban J connectivity index is 1.95. The first kappa shape index (κ1) is 11.2. The van der Waals surface area contributed by atoms with Crippen molar-refractivity contribution in [1.29, 1.82) is 0 Å². The highest BCUT2D eigenvalue weighted by Crippen LogP contribution is 2.11. The Labute approximate surface area is 105 Å². The molecular weight excluding hydrogens is 290 g/mol. The van der Waals surface area contributed by atoms with E-state index in [9.17, 15) is 4.79 Å². The molecule has 2 rings (SSSR count). The smallest absolute Gasteiger partial charge is 0.273 e. The van der Waals surface area contributed by atoms with Crippen molar-refractivity contribution < 1.29 is 4.79 Å². The summed E-state index contributed by atoms with van der Waals surface area (Å²) in [6.07, 6.45) is 0. The van der Waals surface area contributed by atoms with Gasteiger partial charge in [0.05, 0.1) is 0 Å². The van der Waals surface area contributed by atoms with Crippen LogP contribution in [-0.2, 0) is 6.54 Å². The van der Waals surface area contributed by atoms with Crippen LogP contribution >= 0.6 is 27.5 Å². The third kappa shape index (κ3) is 2.86. The van der Waals surface area contributed by atoms with Crippen molar-refractivity contribution in [2.75, 3.05) is 0 Å². The van der Waals surface area contributed by atoms with Crippen molar-refractivity contribution in [1.82, 2.24) is 14.9 Å². The summed E-state index contributed by atoms with van der Waals surface area (Å²) in [5, 5.41) is 8.09. The standard InChI is InChI=1S/C10H8BrN3OS/c11-8-3-1-2-7(4-8)5-12-10(15)9-6-16-14-13-9/h1-4,6H,5H2,(H,12,15). The Morgan fingerprint density at radius 2 is 2.38 bits per heavy atom. The molecule has 1 amide bonds. The Bertz CT molecular complexity index is 487. The number of hydrogen-bond acceptors (Lipinski definition) is 4. The van der Waals surface area contributed by atoms with Crippen molar-refractivity contribution >= 4 is 33.4 Å². The maximum Gasteiger partial charge on any atom is 0.273 e. The minimum Gasteiger partial charge on any atom is -0.347 e. The normalized spacial score (nSPS) is 10.1. The van der Waals surface area contributed by atoms with Gasteiger partial charge in [-0.2, -0.15) is 0 Å². The number of hydrogen-bond donors (Lipinski definition) is 1. The van der Waals surface area contributed by atoms with Crippen LogP contribution in [0.25, 0.3) is 0 Å². The van der Waals surface area contributed by atoms with Gasteiger partial charge < -0.3 is 5.32 Å². The average Bonchev–Trinajstić information content (AvgIpc) is 2.79. The molecule has 1 heterocycles. The maximum absolute atomic E-state index is 11.5. The van der Waals surface area contributed by atoms with E-state index in [1.165, 1.54) is 0 Å². The molecule has 1 aromatic carbocycles. The summed E-state index contributed by atoms with van der Waals surface area (Å²) in [7, 11) is 0. The number of benzene rings is 1. The first-order valence-corrected chi connectivity index (χ1v) is 6.18.